The van der Waals surface area contributed by atoms with Gasteiger partial charge in [0.25, 0.3) is 0 Å². The highest BCUT2D eigenvalue weighted by Gasteiger charge is 2.24. The van der Waals surface area contributed by atoms with E-state index in [9.17, 15) is 13.2 Å². The number of thiophene rings is 1. The van der Waals surface area contributed by atoms with Crippen LogP contribution in [0.2, 0.25) is 0 Å². The van der Waals surface area contributed by atoms with Crippen molar-refractivity contribution in [1.29, 1.82) is 0 Å². The Morgan fingerprint density at radius 2 is 1.92 bits per heavy atom. The first-order chi connectivity index (χ1) is 12.3. The van der Waals surface area contributed by atoms with E-state index in [2.05, 4.69) is 20.7 Å². The molecule has 0 aliphatic rings. The molecule has 1 atom stereocenters. The van der Waals surface area contributed by atoms with Crippen LogP contribution in [0.3, 0.4) is 0 Å². The fourth-order valence-corrected chi connectivity index (χ4v) is 5.56. The van der Waals surface area contributed by atoms with Gasteiger partial charge in [0.2, 0.25) is 10.0 Å². The summed E-state index contributed by atoms with van der Waals surface area (Å²) in [6.45, 7) is 0.547. The molecule has 6 nitrogen and oxygen atoms in total. The molecule has 0 fully saturated rings. The van der Waals surface area contributed by atoms with Crippen LogP contribution in [0.15, 0.2) is 50.5 Å². The Morgan fingerprint density at radius 1 is 1.23 bits per heavy atom. The smallest absolute Gasteiger partial charge is 0.307 e. The van der Waals surface area contributed by atoms with Crippen LogP contribution in [-0.2, 0) is 26.2 Å². The zero-order valence-corrected chi connectivity index (χ0v) is 17.7. The van der Waals surface area contributed by atoms with Crippen LogP contribution in [0.25, 0.3) is 0 Å². The van der Waals surface area contributed by atoms with E-state index in [1.165, 1.54) is 6.07 Å². The average molecular weight is 461 g/mol. The molecule has 142 valence electrons. The van der Waals surface area contributed by atoms with E-state index in [-0.39, 0.29) is 17.2 Å². The highest BCUT2D eigenvalue weighted by Crippen LogP contribution is 2.26. The highest BCUT2D eigenvalue weighted by molar-refractivity contribution is 9.11. The molecule has 0 aliphatic carbocycles. The summed E-state index contributed by atoms with van der Waals surface area (Å²) in [6, 6.07) is 12.0. The van der Waals surface area contributed by atoms with Crippen molar-refractivity contribution < 1.29 is 17.9 Å². The Bertz CT molecular complexity index is 822. The average Bonchev–Trinajstić information content (AvgIpc) is 3.00. The van der Waals surface area contributed by atoms with Gasteiger partial charge >= 0.3 is 5.97 Å². The van der Waals surface area contributed by atoms with Gasteiger partial charge in [-0.3, -0.25) is 4.79 Å². The fourth-order valence-electron chi connectivity index (χ4n) is 2.30. The minimum Gasteiger partial charge on any atom is -0.461 e. The van der Waals surface area contributed by atoms with Gasteiger partial charge in [-0.15, -0.1) is 11.3 Å². The third-order valence-corrected chi connectivity index (χ3v) is 7.01. The van der Waals surface area contributed by atoms with E-state index >= 15 is 0 Å². The number of likely N-dealkylation sites (N-methyl/N-ethyl adjacent to an activating group) is 1. The van der Waals surface area contributed by atoms with Gasteiger partial charge in [-0.1, -0.05) is 30.3 Å². The van der Waals surface area contributed by atoms with Crippen molar-refractivity contribution in [2.45, 2.75) is 23.3 Å². The number of halogens is 1. The lowest BCUT2D eigenvalue weighted by molar-refractivity contribution is -0.145. The monoisotopic (exact) mass is 460 g/mol. The second kappa shape index (κ2) is 9.61. The molecule has 0 radical (unpaired) electrons. The summed E-state index contributed by atoms with van der Waals surface area (Å²) in [6.07, 6.45) is -0.0449. The topological polar surface area (TPSA) is 75.7 Å². The summed E-state index contributed by atoms with van der Waals surface area (Å²) < 4.78 is 33.8. The van der Waals surface area contributed by atoms with Crippen molar-refractivity contribution in [2.75, 3.05) is 20.6 Å². The van der Waals surface area contributed by atoms with Crippen LogP contribution in [0.5, 0.6) is 0 Å². The SMILES string of the molecule is CN(C)C[C@@H](CC(=O)OCc1ccccc1)NS(=O)(=O)c1ccc(Br)s1. The normalized spacial score (nSPS) is 12.9. The number of carbonyl (C=O) groups is 1. The molecule has 0 unspecified atom stereocenters. The molecule has 0 aliphatic heterocycles. The molecule has 2 rings (SSSR count). The van der Waals surface area contributed by atoms with Gasteiger partial charge in [0, 0.05) is 12.6 Å². The molecule has 9 heteroatoms. The van der Waals surface area contributed by atoms with Crippen molar-refractivity contribution in [2.24, 2.45) is 0 Å². The first kappa shape index (κ1) is 21.0. The molecule has 1 aromatic carbocycles. The molecule has 26 heavy (non-hydrogen) atoms. The van der Waals surface area contributed by atoms with Gasteiger partial charge in [-0.2, -0.15) is 0 Å². The summed E-state index contributed by atoms with van der Waals surface area (Å²) in [5.74, 6) is -0.448. The molecule has 1 heterocycles. The van der Waals surface area contributed by atoms with Gasteiger partial charge in [0.1, 0.15) is 10.8 Å². The van der Waals surface area contributed by atoms with E-state index in [0.29, 0.717) is 6.54 Å². The number of sulfonamides is 1. The quantitative estimate of drug-likeness (QED) is 0.582. The lowest BCUT2D eigenvalue weighted by atomic mass is 10.2. The number of rotatable bonds is 9. The van der Waals surface area contributed by atoms with Gasteiger partial charge in [0.05, 0.1) is 10.2 Å². The zero-order chi connectivity index (χ0) is 19.2. The second-order valence-corrected chi connectivity index (χ2v) is 10.4. The highest BCUT2D eigenvalue weighted by atomic mass is 79.9. The summed E-state index contributed by atoms with van der Waals surface area (Å²) in [5.41, 5.74) is 0.883. The number of hydrogen-bond acceptors (Lipinski definition) is 6. The molecule has 0 bridgehead atoms. The zero-order valence-electron chi connectivity index (χ0n) is 14.5. The minimum absolute atomic E-state index is 0.0449. The standard InChI is InChI=1S/C17H21BrN2O4S2/c1-20(2)11-14(19-26(22,23)17-9-8-15(18)25-17)10-16(21)24-12-13-6-4-3-5-7-13/h3-9,14,19H,10-12H2,1-2H3/t14-/m1/s1. The molecule has 0 saturated heterocycles. The van der Waals surface area contributed by atoms with Crippen LogP contribution in [0.1, 0.15) is 12.0 Å². The number of nitrogens with zero attached hydrogens (tertiary/aromatic N) is 1. The Labute approximate surface area is 166 Å². The molecule has 1 N–H and O–H groups in total. The maximum atomic E-state index is 12.5. The lowest BCUT2D eigenvalue weighted by Crippen LogP contribution is -2.43. The number of ether oxygens (including phenoxy) is 1. The molecule has 2 aromatic rings. The number of hydrogen-bond donors (Lipinski definition) is 1. The van der Waals surface area contributed by atoms with E-state index in [1.807, 2.05) is 49.3 Å². The summed E-state index contributed by atoms with van der Waals surface area (Å²) in [5, 5.41) is 0. The third-order valence-electron chi connectivity index (χ3n) is 3.38. The van der Waals surface area contributed by atoms with Crippen molar-refractivity contribution >= 4 is 43.3 Å². The first-order valence-corrected chi connectivity index (χ1v) is 11.0. The predicted octanol–water partition coefficient (Wildman–Crippen LogP) is 2.85. The van der Waals surface area contributed by atoms with Crippen LogP contribution in [0.4, 0.5) is 0 Å². The van der Waals surface area contributed by atoms with Gasteiger partial charge in [0.15, 0.2) is 0 Å². The summed E-state index contributed by atoms with van der Waals surface area (Å²) in [7, 11) is -0.0574. The predicted molar refractivity (Wildman–Crippen MR) is 106 cm³/mol. The summed E-state index contributed by atoms with van der Waals surface area (Å²) in [4.78, 5) is 14.0. The summed E-state index contributed by atoms with van der Waals surface area (Å²) >= 11 is 4.38. The fraction of sp³-hybridized carbons (Fsp3) is 0.353. The largest absolute Gasteiger partial charge is 0.461 e. The Kier molecular flexibility index (Phi) is 7.78. The third kappa shape index (κ3) is 6.81. The molecule has 0 spiro atoms. The number of carbonyl (C=O) groups excluding carboxylic acids is 1. The molecule has 0 saturated carbocycles. The molecule has 1 aromatic heterocycles. The van der Waals surface area contributed by atoms with Gasteiger partial charge in [-0.05, 0) is 47.7 Å². The first-order valence-electron chi connectivity index (χ1n) is 7.88. The minimum atomic E-state index is -3.69. The molecule has 0 amide bonds. The number of benzene rings is 1. The van der Waals surface area contributed by atoms with E-state index in [4.69, 9.17) is 4.74 Å². The van der Waals surface area contributed by atoms with E-state index < -0.39 is 22.0 Å². The molecular formula is C17H21BrN2O4S2. The van der Waals surface area contributed by atoms with Crippen LogP contribution in [-0.4, -0.2) is 46.0 Å². The Morgan fingerprint density at radius 3 is 2.50 bits per heavy atom. The Balaban J connectivity index is 1.99. The van der Waals surface area contributed by atoms with E-state index in [1.54, 1.807) is 6.07 Å². The number of nitrogens with one attached hydrogen (secondary N) is 1. The lowest BCUT2D eigenvalue weighted by Gasteiger charge is -2.21. The van der Waals surface area contributed by atoms with Crippen molar-refractivity contribution in [1.82, 2.24) is 9.62 Å². The van der Waals surface area contributed by atoms with Crippen molar-refractivity contribution in [3.63, 3.8) is 0 Å². The second-order valence-electron chi connectivity index (χ2n) is 5.99. The van der Waals surface area contributed by atoms with Crippen LogP contribution >= 0.6 is 27.3 Å². The van der Waals surface area contributed by atoms with Crippen LogP contribution < -0.4 is 4.72 Å². The Hall–Kier alpha value is -1.26. The van der Waals surface area contributed by atoms with E-state index in [0.717, 1.165) is 20.7 Å². The van der Waals surface area contributed by atoms with Crippen molar-refractivity contribution in [3.05, 3.63) is 51.8 Å². The maximum absolute atomic E-state index is 12.5. The van der Waals surface area contributed by atoms with Gasteiger partial charge < -0.3 is 9.64 Å². The molecular weight excluding hydrogens is 440 g/mol. The van der Waals surface area contributed by atoms with Gasteiger partial charge in [-0.25, -0.2) is 13.1 Å². The maximum Gasteiger partial charge on any atom is 0.307 e. The van der Waals surface area contributed by atoms with Crippen molar-refractivity contribution in [3.8, 4) is 0 Å². The van der Waals surface area contributed by atoms with Crippen LogP contribution in [0, 0.1) is 0 Å². The number of esters is 1.